The molecule has 0 spiro atoms. The zero-order chi connectivity index (χ0) is 31.3. The fraction of sp³-hybridized carbons (Fsp3) is 0.324. The number of hydrogen-bond donors (Lipinski definition) is 1. The molecule has 0 amide bonds. The molecule has 2 aliphatic rings. The van der Waals surface area contributed by atoms with Gasteiger partial charge in [0.1, 0.15) is 11.4 Å². The van der Waals surface area contributed by atoms with Crippen molar-refractivity contribution in [1.29, 1.82) is 5.26 Å². The zero-order valence-corrected chi connectivity index (χ0v) is 26.9. The lowest BCUT2D eigenvalue weighted by atomic mass is 9.77. The summed E-state index contributed by atoms with van der Waals surface area (Å²) in [6.07, 6.45) is 4.04. The number of benzene rings is 4. The van der Waals surface area contributed by atoms with Crippen LogP contribution in [0.5, 0.6) is 0 Å². The molecule has 0 bridgehead atoms. The van der Waals surface area contributed by atoms with Gasteiger partial charge < -0.3 is 15.0 Å². The number of rotatable bonds is 7. The normalized spacial score (nSPS) is 20.3. The zero-order valence-electron chi connectivity index (χ0n) is 25.4. The number of ether oxygens (including phenoxy) is 1. The third-order valence-electron chi connectivity index (χ3n) is 8.77. The van der Waals surface area contributed by atoms with Crippen molar-refractivity contribution < 1.29 is 9.13 Å². The van der Waals surface area contributed by atoms with Crippen LogP contribution >= 0.6 is 23.2 Å². The summed E-state index contributed by atoms with van der Waals surface area (Å²) in [6, 6.07) is 29.6. The first kappa shape index (κ1) is 32.2. The average Bonchev–Trinajstić information content (AvgIpc) is 3.41. The molecule has 0 saturated carbocycles. The lowest BCUT2D eigenvalue weighted by molar-refractivity contribution is -0.0140. The summed E-state index contributed by atoms with van der Waals surface area (Å²) in [5.41, 5.74) is 7.23. The molecule has 0 aromatic heterocycles. The monoisotopic (exact) mass is 629 g/mol. The minimum Gasteiger partial charge on any atom is -0.361 e. The number of hydrogen-bond acceptors (Lipinski definition) is 4. The van der Waals surface area contributed by atoms with Crippen molar-refractivity contribution in [3.63, 3.8) is 0 Å². The Balaban J connectivity index is 0.000000177. The van der Waals surface area contributed by atoms with E-state index in [4.69, 9.17) is 33.2 Å². The summed E-state index contributed by atoms with van der Waals surface area (Å²) in [6.45, 7) is 1.43. The molecule has 3 atom stereocenters. The third-order valence-corrected chi connectivity index (χ3v) is 9.51. The summed E-state index contributed by atoms with van der Waals surface area (Å²) in [7, 11) is 6.13. The van der Waals surface area contributed by atoms with Gasteiger partial charge in [-0.15, -0.1) is 0 Å². The van der Waals surface area contributed by atoms with Gasteiger partial charge in [0.05, 0.1) is 28.3 Å². The van der Waals surface area contributed by atoms with Gasteiger partial charge in [0.15, 0.2) is 0 Å². The lowest BCUT2D eigenvalue weighted by Gasteiger charge is -2.32. The molecular formula is C37H38Cl2FN3O. The van der Waals surface area contributed by atoms with E-state index in [0.29, 0.717) is 34.2 Å². The Kier molecular flexibility index (Phi) is 10.4. The van der Waals surface area contributed by atoms with Crippen LogP contribution in [0.15, 0.2) is 84.9 Å². The van der Waals surface area contributed by atoms with Gasteiger partial charge >= 0.3 is 0 Å². The van der Waals surface area contributed by atoms with Gasteiger partial charge in [-0.2, -0.15) is 5.26 Å². The van der Waals surface area contributed by atoms with Crippen LogP contribution in [-0.4, -0.2) is 32.6 Å². The van der Waals surface area contributed by atoms with Crippen molar-refractivity contribution >= 4 is 23.2 Å². The van der Waals surface area contributed by atoms with Gasteiger partial charge in [-0.1, -0.05) is 71.7 Å². The molecule has 1 aliphatic carbocycles. The Hall–Kier alpha value is -3.24. The fourth-order valence-corrected chi connectivity index (χ4v) is 6.88. The number of nitriles is 1. The molecule has 1 unspecified atom stereocenters. The van der Waals surface area contributed by atoms with Gasteiger partial charge in [0.2, 0.25) is 0 Å². The van der Waals surface area contributed by atoms with Crippen molar-refractivity contribution in [2.24, 2.45) is 0 Å². The molecule has 4 aromatic rings. The minimum atomic E-state index is -0.562. The second-order valence-corrected chi connectivity index (χ2v) is 12.6. The maximum Gasteiger partial charge on any atom is 0.123 e. The molecule has 1 aliphatic heterocycles. The average molecular weight is 631 g/mol. The Morgan fingerprint density at radius 2 is 1.70 bits per heavy atom. The molecule has 0 saturated heterocycles. The van der Waals surface area contributed by atoms with Crippen molar-refractivity contribution in [2.75, 3.05) is 27.7 Å². The maximum absolute atomic E-state index is 13.4. The molecule has 1 N–H and O–H groups in total. The summed E-state index contributed by atoms with van der Waals surface area (Å²) in [4.78, 5) is 2.15. The Labute approximate surface area is 270 Å². The molecule has 0 fully saturated rings. The van der Waals surface area contributed by atoms with E-state index in [2.05, 4.69) is 46.6 Å². The van der Waals surface area contributed by atoms with Crippen LogP contribution in [0, 0.1) is 17.1 Å². The molecule has 1 heterocycles. The predicted octanol–water partition coefficient (Wildman–Crippen LogP) is 8.99. The van der Waals surface area contributed by atoms with Gasteiger partial charge in [0, 0.05) is 12.0 Å². The standard InChI is InChI=1S/C20H21FN2O.C17H17Cl2N/c1-23(2)11-3-10-20(17-5-7-18(21)8-6-17)19-9-4-15(13-22)12-16(19)14-24-20;1-20-17-9-7-12(13-4-2-3-5-14(13)17)11-6-8-15(18)16(19)10-11/h4-9,12H,3,10-11,14H2,1-2H3;2-6,8,10,12,17,20H,7,9H2,1H3/t;12-,17-/m.0/s1. The minimum absolute atomic E-state index is 0.250. The molecule has 4 nitrogen and oxygen atoms in total. The SMILES string of the molecule is CN(C)CCCC1(c2ccc(F)cc2)OCc2cc(C#N)ccc21.CN[C@H]1CC[C@@H](c2ccc(Cl)c(Cl)c2)c2ccccc21. The predicted molar refractivity (Wildman–Crippen MR) is 177 cm³/mol. The first-order valence-corrected chi connectivity index (χ1v) is 15.8. The van der Waals surface area contributed by atoms with E-state index in [-0.39, 0.29) is 5.82 Å². The number of fused-ring (bicyclic) bond motifs is 2. The van der Waals surface area contributed by atoms with E-state index in [1.165, 1.54) is 28.8 Å². The highest BCUT2D eigenvalue weighted by Crippen LogP contribution is 2.46. The lowest BCUT2D eigenvalue weighted by Crippen LogP contribution is -2.28. The molecule has 44 heavy (non-hydrogen) atoms. The van der Waals surface area contributed by atoms with Gasteiger partial charge in [0.25, 0.3) is 0 Å². The second-order valence-electron chi connectivity index (χ2n) is 11.8. The van der Waals surface area contributed by atoms with E-state index in [1.807, 2.05) is 51.5 Å². The van der Waals surface area contributed by atoms with Crippen LogP contribution in [0.4, 0.5) is 4.39 Å². The van der Waals surface area contributed by atoms with Crippen LogP contribution in [0.1, 0.15) is 76.6 Å². The van der Waals surface area contributed by atoms with Crippen molar-refractivity contribution in [1.82, 2.24) is 10.2 Å². The third kappa shape index (κ3) is 6.86. The summed E-state index contributed by atoms with van der Waals surface area (Å²) in [5, 5.41) is 13.8. The molecule has 4 aromatic carbocycles. The highest BCUT2D eigenvalue weighted by Gasteiger charge is 2.41. The number of nitrogens with zero attached hydrogens (tertiary/aromatic N) is 2. The van der Waals surface area contributed by atoms with Gasteiger partial charge in [-0.3, -0.25) is 0 Å². The van der Waals surface area contributed by atoms with Crippen LogP contribution in [-0.2, 0) is 16.9 Å². The molecular weight excluding hydrogens is 592 g/mol. The second kappa shape index (κ2) is 14.2. The Morgan fingerprint density at radius 3 is 2.39 bits per heavy atom. The summed E-state index contributed by atoms with van der Waals surface area (Å²) in [5.74, 6) is 0.158. The quantitative estimate of drug-likeness (QED) is 0.222. The Bertz CT molecular complexity index is 1640. The summed E-state index contributed by atoms with van der Waals surface area (Å²) >= 11 is 12.2. The number of halogens is 3. The van der Waals surface area contributed by atoms with Gasteiger partial charge in [-0.25, -0.2) is 4.39 Å². The Morgan fingerprint density at radius 1 is 0.955 bits per heavy atom. The highest BCUT2D eigenvalue weighted by atomic mass is 35.5. The fourth-order valence-electron chi connectivity index (χ4n) is 6.57. The molecule has 228 valence electrons. The maximum atomic E-state index is 13.4. The van der Waals surface area contributed by atoms with E-state index in [0.717, 1.165) is 48.9 Å². The smallest absolute Gasteiger partial charge is 0.123 e. The summed E-state index contributed by atoms with van der Waals surface area (Å²) < 4.78 is 19.6. The van der Waals surface area contributed by atoms with Crippen LogP contribution in [0.25, 0.3) is 0 Å². The van der Waals surface area contributed by atoms with E-state index < -0.39 is 5.60 Å². The first-order chi connectivity index (χ1) is 21.3. The van der Waals surface area contributed by atoms with Crippen molar-refractivity contribution in [3.05, 3.63) is 140 Å². The molecule has 6 rings (SSSR count). The topological polar surface area (TPSA) is 48.3 Å². The largest absolute Gasteiger partial charge is 0.361 e. The first-order valence-electron chi connectivity index (χ1n) is 15.0. The van der Waals surface area contributed by atoms with Gasteiger partial charge in [-0.05, 0) is 123 Å². The van der Waals surface area contributed by atoms with Crippen molar-refractivity contribution in [2.45, 2.75) is 49.9 Å². The van der Waals surface area contributed by atoms with Crippen LogP contribution < -0.4 is 5.32 Å². The van der Waals surface area contributed by atoms with E-state index in [1.54, 1.807) is 12.1 Å². The van der Waals surface area contributed by atoms with Crippen LogP contribution in [0.3, 0.4) is 0 Å². The van der Waals surface area contributed by atoms with Crippen molar-refractivity contribution in [3.8, 4) is 6.07 Å². The molecule has 0 radical (unpaired) electrons. The van der Waals surface area contributed by atoms with E-state index >= 15 is 0 Å². The van der Waals surface area contributed by atoms with Crippen LogP contribution in [0.2, 0.25) is 10.0 Å². The van der Waals surface area contributed by atoms with E-state index in [9.17, 15) is 4.39 Å². The molecule has 7 heteroatoms. The number of nitrogens with one attached hydrogen (secondary N) is 1. The highest BCUT2D eigenvalue weighted by molar-refractivity contribution is 6.42.